The number of esters is 3. The second-order valence-corrected chi connectivity index (χ2v) is 20.6. The van der Waals surface area contributed by atoms with Crippen molar-refractivity contribution in [3.63, 3.8) is 0 Å². The topological polar surface area (TPSA) is 78.9 Å². The molecule has 1 atom stereocenters. The first-order valence-electron chi connectivity index (χ1n) is 31.2. The Bertz CT molecular complexity index is 1460. The third kappa shape index (κ3) is 59.2. The van der Waals surface area contributed by atoms with Gasteiger partial charge >= 0.3 is 17.9 Å². The van der Waals surface area contributed by atoms with Crippen LogP contribution in [-0.4, -0.2) is 37.2 Å². The zero-order valence-electron chi connectivity index (χ0n) is 48.6. The average Bonchev–Trinajstić information content (AvgIpc) is 3.40. The number of carbonyl (C=O) groups excluding carboxylic acids is 3. The van der Waals surface area contributed by atoms with Gasteiger partial charge in [0.1, 0.15) is 13.2 Å². The molecule has 0 fully saturated rings. The molecule has 0 aromatic heterocycles. The van der Waals surface area contributed by atoms with E-state index in [9.17, 15) is 14.4 Å². The van der Waals surface area contributed by atoms with Crippen molar-refractivity contribution in [3.8, 4) is 0 Å². The Kier molecular flexibility index (Phi) is 58.8. The highest BCUT2D eigenvalue weighted by molar-refractivity contribution is 5.71. The molecule has 0 aliphatic carbocycles. The summed E-state index contributed by atoms with van der Waals surface area (Å²) in [5.41, 5.74) is 0. The van der Waals surface area contributed by atoms with E-state index in [0.29, 0.717) is 19.3 Å². The summed E-state index contributed by atoms with van der Waals surface area (Å²) in [4.78, 5) is 38.2. The Hall–Kier alpha value is -3.67. The molecule has 0 aliphatic rings. The van der Waals surface area contributed by atoms with Crippen LogP contribution in [0, 0.1) is 0 Å². The van der Waals surface area contributed by atoms with Gasteiger partial charge in [-0.1, -0.05) is 279 Å². The fourth-order valence-corrected chi connectivity index (χ4v) is 8.66. The monoisotopic (exact) mass is 1030 g/mol. The van der Waals surface area contributed by atoms with E-state index in [0.717, 1.165) is 122 Å². The third-order valence-electron chi connectivity index (χ3n) is 13.3. The highest BCUT2D eigenvalue weighted by Gasteiger charge is 2.19. The van der Waals surface area contributed by atoms with Crippen LogP contribution in [-0.2, 0) is 28.6 Å². The number of ether oxygens (including phenoxy) is 3. The van der Waals surface area contributed by atoms with Crippen molar-refractivity contribution in [2.75, 3.05) is 13.2 Å². The largest absolute Gasteiger partial charge is 0.462 e. The van der Waals surface area contributed by atoms with E-state index in [1.807, 2.05) is 0 Å². The van der Waals surface area contributed by atoms with Crippen molar-refractivity contribution in [2.24, 2.45) is 0 Å². The summed E-state index contributed by atoms with van der Waals surface area (Å²) in [5.74, 6) is -0.895. The first-order chi connectivity index (χ1) is 36.5. The maximum Gasteiger partial charge on any atom is 0.306 e. The van der Waals surface area contributed by atoms with Crippen molar-refractivity contribution >= 4 is 17.9 Å². The molecule has 1 unspecified atom stereocenters. The smallest absolute Gasteiger partial charge is 0.306 e. The van der Waals surface area contributed by atoms with Crippen molar-refractivity contribution < 1.29 is 28.6 Å². The van der Waals surface area contributed by atoms with Crippen molar-refractivity contribution in [2.45, 2.75) is 303 Å². The molecule has 0 aliphatic heterocycles. The van der Waals surface area contributed by atoms with Gasteiger partial charge in [-0.2, -0.15) is 0 Å². The standard InChI is InChI=1S/C68H116O6/c1-4-7-10-13-16-19-22-24-26-28-29-30-31-32-33-34-35-36-37-38-39-41-42-44-46-49-52-55-58-61-67(70)73-64-65(63-72-66(69)60-57-54-51-48-21-18-15-12-9-6-3)74-68(71)62-59-56-53-50-47-45-43-40-27-25-23-20-17-14-11-8-5-2/h7,10,12,15-16,19,24,26,29-30,32-33,35-36,38-39,65H,4-6,8-9,11,13-14,17-18,20-23,25,27-28,31,34,37,40-64H2,1-3H3/b10-7-,15-12-,19-16-,26-24-,30-29-,33-32-,36-35-,39-38-. The molecule has 0 saturated heterocycles. The van der Waals surface area contributed by atoms with Gasteiger partial charge in [0.2, 0.25) is 0 Å². The second-order valence-electron chi connectivity index (χ2n) is 20.6. The third-order valence-corrected chi connectivity index (χ3v) is 13.3. The predicted molar refractivity (Wildman–Crippen MR) is 320 cm³/mol. The zero-order chi connectivity index (χ0) is 53.6. The zero-order valence-corrected chi connectivity index (χ0v) is 48.6. The van der Waals surface area contributed by atoms with E-state index < -0.39 is 6.10 Å². The lowest BCUT2D eigenvalue weighted by molar-refractivity contribution is -0.167. The Morgan fingerprint density at radius 1 is 0.284 bits per heavy atom. The van der Waals surface area contributed by atoms with Gasteiger partial charge < -0.3 is 14.2 Å². The number of rotatable bonds is 56. The van der Waals surface area contributed by atoms with Gasteiger partial charge in [-0.25, -0.2) is 0 Å². The predicted octanol–water partition coefficient (Wildman–Crippen LogP) is 21.3. The molecule has 0 spiro atoms. The number of hydrogen-bond donors (Lipinski definition) is 0. The quantitative estimate of drug-likeness (QED) is 0.0261. The summed E-state index contributed by atoms with van der Waals surface area (Å²) < 4.78 is 16.9. The molecule has 0 heterocycles. The summed E-state index contributed by atoms with van der Waals surface area (Å²) in [5, 5.41) is 0. The van der Waals surface area contributed by atoms with Crippen LogP contribution in [0.3, 0.4) is 0 Å². The van der Waals surface area contributed by atoms with Crippen LogP contribution in [0.25, 0.3) is 0 Å². The van der Waals surface area contributed by atoms with Crippen LogP contribution in [0.4, 0.5) is 0 Å². The number of unbranched alkanes of at least 4 members (excludes halogenated alkanes) is 29. The van der Waals surface area contributed by atoms with E-state index in [1.165, 1.54) is 135 Å². The highest BCUT2D eigenvalue weighted by Crippen LogP contribution is 2.16. The SMILES string of the molecule is CC/C=C\C/C=C\C/C=C\C/C=C\C/C=C\C/C=C\C/C=C\CCCCCCCCCC(=O)OCC(COC(=O)CCCCCCC/C=C\CCC)OC(=O)CCCCCCCCCCCCCCCCCCC. The number of allylic oxidation sites excluding steroid dienone is 16. The Labute approximate surface area is 457 Å². The van der Waals surface area contributed by atoms with E-state index in [2.05, 4.69) is 118 Å². The van der Waals surface area contributed by atoms with Crippen LogP contribution in [0.15, 0.2) is 97.2 Å². The molecule has 0 bridgehead atoms. The van der Waals surface area contributed by atoms with E-state index in [4.69, 9.17) is 14.2 Å². The first kappa shape index (κ1) is 70.3. The van der Waals surface area contributed by atoms with Gasteiger partial charge in [0, 0.05) is 19.3 Å². The lowest BCUT2D eigenvalue weighted by Crippen LogP contribution is -2.30. The van der Waals surface area contributed by atoms with Crippen LogP contribution in [0.5, 0.6) is 0 Å². The molecular weight excluding hydrogens is 913 g/mol. The van der Waals surface area contributed by atoms with Crippen LogP contribution in [0.1, 0.15) is 297 Å². The molecule has 6 nitrogen and oxygen atoms in total. The summed E-state index contributed by atoms with van der Waals surface area (Å²) in [6.07, 6.45) is 82.7. The van der Waals surface area contributed by atoms with Gasteiger partial charge in [0.25, 0.3) is 0 Å². The normalized spacial score (nSPS) is 12.7. The van der Waals surface area contributed by atoms with Crippen LogP contribution >= 0.6 is 0 Å². The molecule has 74 heavy (non-hydrogen) atoms. The lowest BCUT2D eigenvalue weighted by atomic mass is 10.0. The van der Waals surface area contributed by atoms with Gasteiger partial charge in [-0.05, 0) is 96.3 Å². The van der Waals surface area contributed by atoms with Crippen molar-refractivity contribution in [1.82, 2.24) is 0 Å². The molecule has 0 radical (unpaired) electrons. The fourth-order valence-electron chi connectivity index (χ4n) is 8.66. The molecule has 0 rings (SSSR count). The van der Waals surface area contributed by atoms with Gasteiger partial charge in [-0.15, -0.1) is 0 Å². The molecule has 6 heteroatoms. The van der Waals surface area contributed by atoms with Gasteiger partial charge in [-0.3, -0.25) is 14.4 Å². The minimum absolute atomic E-state index is 0.0831. The highest BCUT2D eigenvalue weighted by atomic mass is 16.6. The van der Waals surface area contributed by atoms with Crippen LogP contribution < -0.4 is 0 Å². The fraction of sp³-hybridized carbons (Fsp3) is 0.721. The van der Waals surface area contributed by atoms with Gasteiger partial charge in [0.15, 0.2) is 6.10 Å². The maximum absolute atomic E-state index is 12.9. The van der Waals surface area contributed by atoms with Crippen LogP contribution in [0.2, 0.25) is 0 Å². The van der Waals surface area contributed by atoms with E-state index >= 15 is 0 Å². The molecular formula is C68H116O6. The molecule has 0 N–H and O–H groups in total. The second kappa shape index (κ2) is 61.9. The summed E-state index contributed by atoms with van der Waals surface area (Å²) in [7, 11) is 0. The van der Waals surface area contributed by atoms with E-state index in [1.54, 1.807) is 0 Å². The van der Waals surface area contributed by atoms with Crippen molar-refractivity contribution in [1.29, 1.82) is 0 Å². The minimum Gasteiger partial charge on any atom is -0.462 e. The molecule has 424 valence electrons. The summed E-state index contributed by atoms with van der Waals surface area (Å²) in [6.45, 7) is 6.47. The Morgan fingerprint density at radius 3 is 0.892 bits per heavy atom. The number of carbonyl (C=O) groups is 3. The van der Waals surface area contributed by atoms with E-state index in [-0.39, 0.29) is 31.1 Å². The number of hydrogen-bond acceptors (Lipinski definition) is 6. The lowest BCUT2D eigenvalue weighted by Gasteiger charge is -2.18. The minimum atomic E-state index is -0.784. The summed E-state index contributed by atoms with van der Waals surface area (Å²) >= 11 is 0. The Morgan fingerprint density at radius 2 is 0.554 bits per heavy atom. The Balaban J connectivity index is 4.26. The molecule has 0 aromatic rings. The molecule has 0 amide bonds. The summed E-state index contributed by atoms with van der Waals surface area (Å²) in [6, 6.07) is 0. The molecule has 0 aromatic carbocycles. The maximum atomic E-state index is 12.9. The molecule has 0 saturated carbocycles. The first-order valence-corrected chi connectivity index (χ1v) is 31.2. The van der Waals surface area contributed by atoms with Crippen molar-refractivity contribution in [3.05, 3.63) is 97.2 Å². The van der Waals surface area contributed by atoms with Gasteiger partial charge in [0.05, 0.1) is 0 Å². The average molecular weight is 1030 g/mol.